The van der Waals surface area contributed by atoms with Gasteiger partial charge in [-0.15, -0.1) is 0 Å². The third-order valence-electron chi connectivity index (χ3n) is 8.39. The van der Waals surface area contributed by atoms with Crippen LogP contribution in [0.1, 0.15) is 58.4 Å². The monoisotopic (exact) mass is 520 g/mol. The van der Waals surface area contributed by atoms with Crippen LogP contribution in [-0.2, 0) is 0 Å². The van der Waals surface area contributed by atoms with E-state index >= 15 is 0 Å². The SMILES string of the molecule is CNC(=O)c1c(-c2ccc(C)cc2)oc2c1cc(-c1cccc(C(=O)CCC3(CO)CCC3)c1)c1[nH]ccc12. The second-order valence-electron chi connectivity index (χ2n) is 10.8. The highest BCUT2D eigenvalue weighted by Gasteiger charge is 2.36. The first kappa shape index (κ1) is 25.1. The van der Waals surface area contributed by atoms with E-state index in [1.54, 1.807) is 7.05 Å². The molecule has 1 aliphatic rings. The van der Waals surface area contributed by atoms with Crippen molar-refractivity contribution in [3.8, 4) is 22.5 Å². The van der Waals surface area contributed by atoms with Gasteiger partial charge in [0.25, 0.3) is 5.91 Å². The maximum Gasteiger partial charge on any atom is 0.255 e. The first-order valence-electron chi connectivity index (χ1n) is 13.5. The molecule has 0 saturated heterocycles. The number of carbonyl (C=O) groups is 2. The van der Waals surface area contributed by atoms with Gasteiger partial charge >= 0.3 is 0 Å². The fraction of sp³-hybridized carbons (Fsp3) is 0.273. The van der Waals surface area contributed by atoms with Crippen molar-refractivity contribution in [3.63, 3.8) is 0 Å². The van der Waals surface area contributed by atoms with Crippen molar-refractivity contribution in [2.45, 2.75) is 39.0 Å². The number of carbonyl (C=O) groups excluding carboxylic acids is 2. The molecule has 3 N–H and O–H groups in total. The van der Waals surface area contributed by atoms with Crippen LogP contribution in [0.5, 0.6) is 0 Å². The lowest BCUT2D eigenvalue weighted by Gasteiger charge is -2.40. The highest BCUT2D eigenvalue weighted by atomic mass is 16.3. The Hall–Kier alpha value is -4.16. The van der Waals surface area contributed by atoms with Crippen molar-refractivity contribution in [1.82, 2.24) is 10.3 Å². The highest BCUT2D eigenvalue weighted by Crippen LogP contribution is 2.45. The van der Waals surface area contributed by atoms with Gasteiger partial charge in [-0.05, 0) is 55.4 Å². The molecule has 3 aromatic carbocycles. The summed E-state index contributed by atoms with van der Waals surface area (Å²) in [7, 11) is 1.62. The van der Waals surface area contributed by atoms with Crippen LogP contribution in [0.15, 0.2) is 71.3 Å². The van der Waals surface area contributed by atoms with E-state index in [0.717, 1.165) is 57.8 Å². The molecule has 0 spiro atoms. The van der Waals surface area contributed by atoms with Crippen molar-refractivity contribution < 1.29 is 19.1 Å². The second kappa shape index (κ2) is 9.86. The van der Waals surface area contributed by atoms with Crippen LogP contribution < -0.4 is 5.32 Å². The Kier molecular flexibility index (Phi) is 6.35. The minimum Gasteiger partial charge on any atom is -0.454 e. The summed E-state index contributed by atoms with van der Waals surface area (Å²) >= 11 is 0. The molecule has 2 aromatic heterocycles. The number of ketones is 1. The average molecular weight is 521 g/mol. The Morgan fingerprint density at radius 2 is 1.82 bits per heavy atom. The largest absolute Gasteiger partial charge is 0.454 e. The van der Waals surface area contributed by atoms with Gasteiger partial charge in [-0.25, -0.2) is 0 Å². The molecule has 0 bridgehead atoms. The number of hydrogen-bond acceptors (Lipinski definition) is 4. The van der Waals surface area contributed by atoms with E-state index in [2.05, 4.69) is 10.3 Å². The van der Waals surface area contributed by atoms with Crippen LogP contribution in [0.4, 0.5) is 0 Å². The molecule has 0 radical (unpaired) electrons. The topological polar surface area (TPSA) is 95.3 Å². The molecular formula is C33H32N2O4. The minimum absolute atomic E-state index is 0.0800. The van der Waals surface area contributed by atoms with Crippen molar-refractivity contribution >= 4 is 33.6 Å². The molecule has 1 fully saturated rings. The van der Waals surface area contributed by atoms with Gasteiger partial charge < -0.3 is 19.8 Å². The smallest absolute Gasteiger partial charge is 0.255 e. The van der Waals surface area contributed by atoms with Crippen molar-refractivity contribution in [2.75, 3.05) is 13.7 Å². The Balaban J connectivity index is 1.46. The van der Waals surface area contributed by atoms with Gasteiger partial charge in [0.15, 0.2) is 5.78 Å². The lowest BCUT2D eigenvalue weighted by Crippen LogP contribution is -2.33. The Morgan fingerprint density at radius 3 is 2.51 bits per heavy atom. The Labute approximate surface area is 227 Å². The number of furan rings is 1. The molecular weight excluding hydrogens is 488 g/mol. The highest BCUT2D eigenvalue weighted by molar-refractivity contribution is 6.19. The molecule has 0 unspecified atom stereocenters. The van der Waals surface area contributed by atoms with E-state index in [1.807, 2.05) is 73.8 Å². The zero-order valence-corrected chi connectivity index (χ0v) is 22.3. The molecule has 1 saturated carbocycles. The molecule has 198 valence electrons. The predicted molar refractivity (Wildman–Crippen MR) is 154 cm³/mol. The number of rotatable bonds is 8. The number of aliphatic hydroxyl groups excluding tert-OH is 1. The number of aryl methyl sites for hydroxylation is 1. The number of benzene rings is 3. The van der Waals surface area contributed by atoms with Gasteiger partial charge in [-0.2, -0.15) is 0 Å². The van der Waals surface area contributed by atoms with Crippen LogP contribution in [0.3, 0.4) is 0 Å². The van der Waals surface area contributed by atoms with Crippen LogP contribution in [-0.4, -0.2) is 35.4 Å². The number of amides is 1. The molecule has 0 atom stereocenters. The van der Waals surface area contributed by atoms with E-state index in [4.69, 9.17) is 4.42 Å². The van der Waals surface area contributed by atoms with Crippen molar-refractivity contribution in [1.29, 1.82) is 0 Å². The van der Waals surface area contributed by atoms with Crippen LogP contribution in [0, 0.1) is 12.3 Å². The number of hydrogen-bond donors (Lipinski definition) is 3. The van der Waals surface area contributed by atoms with Gasteiger partial charge in [0.2, 0.25) is 0 Å². The summed E-state index contributed by atoms with van der Waals surface area (Å²) in [6, 6.07) is 19.6. The molecule has 1 aliphatic carbocycles. The minimum atomic E-state index is -0.220. The summed E-state index contributed by atoms with van der Waals surface area (Å²) in [6.07, 6.45) is 6.10. The van der Waals surface area contributed by atoms with Gasteiger partial charge in [0.1, 0.15) is 11.3 Å². The number of aromatic amines is 1. The maximum absolute atomic E-state index is 13.2. The number of aromatic nitrogens is 1. The fourth-order valence-electron chi connectivity index (χ4n) is 5.81. The number of H-pyrrole nitrogens is 1. The average Bonchev–Trinajstić information content (AvgIpc) is 3.57. The van der Waals surface area contributed by atoms with E-state index in [-0.39, 0.29) is 23.7 Å². The molecule has 1 amide bonds. The summed E-state index contributed by atoms with van der Waals surface area (Å²) in [6.45, 7) is 2.17. The van der Waals surface area contributed by atoms with E-state index in [9.17, 15) is 14.7 Å². The van der Waals surface area contributed by atoms with E-state index in [1.165, 1.54) is 0 Å². The lowest BCUT2D eigenvalue weighted by molar-refractivity contribution is 0.0338. The number of nitrogens with one attached hydrogen (secondary N) is 2. The summed E-state index contributed by atoms with van der Waals surface area (Å²) < 4.78 is 6.41. The normalized spacial score (nSPS) is 14.4. The fourth-order valence-corrected chi connectivity index (χ4v) is 5.81. The summed E-state index contributed by atoms with van der Waals surface area (Å²) in [5.74, 6) is 0.390. The number of Topliss-reactive ketones (excluding diaryl/α,β-unsaturated/α-hetero) is 1. The third kappa shape index (κ3) is 4.35. The predicted octanol–water partition coefficient (Wildman–Crippen LogP) is 7.04. The first-order chi connectivity index (χ1) is 18.9. The second-order valence-corrected chi connectivity index (χ2v) is 10.8. The number of fused-ring (bicyclic) bond motifs is 3. The summed E-state index contributed by atoms with van der Waals surface area (Å²) in [5, 5.41) is 14.2. The molecule has 2 heterocycles. The molecule has 6 rings (SSSR count). The Morgan fingerprint density at radius 1 is 1.03 bits per heavy atom. The van der Waals surface area contributed by atoms with Crippen LogP contribution in [0.25, 0.3) is 44.3 Å². The van der Waals surface area contributed by atoms with Gasteiger partial charge in [0.05, 0.1) is 11.1 Å². The van der Waals surface area contributed by atoms with Gasteiger partial charge in [-0.3, -0.25) is 9.59 Å². The maximum atomic E-state index is 13.2. The summed E-state index contributed by atoms with van der Waals surface area (Å²) in [5.41, 5.74) is 6.32. The van der Waals surface area contributed by atoms with Crippen molar-refractivity contribution in [3.05, 3.63) is 83.6 Å². The molecule has 5 aromatic rings. The zero-order valence-electron chi connectivity index (χ0n) is 22.3. The van der Waals surface area contributed by atoms with Crippen LogP contribution >= 0.6 is 0 Å². The molecule has 6 nitrogen and oxygen atoms in total. The first-order valence-corrected chi connectivity index (χ1v) is 13.5. The third-order valence-corrected chi connectivity index (χ3v) is 8.39. The van der Waals surface area contributed by atoms with Gasteiger partial charge in [0, 0.05) is 53.7 Å². The van der Waals surface area contributed by atoms with Crippen LogP contribution in [0.2, 0.25) is 0 Å². The van der Waals surface area contributed by atoms with E-state index < -0.39 is 0 Å². The summed E-state index contributed by atoms with van der Waals surface area (Å²) in [4.78, 5) is 29.7. The molecule has 0 aliphatic heterocycles. The molecule has 39 heavy (non-hydrogen) atoms. The zero-order chi connectivity index (χ0) is 27.1. The van der Waals surface area contributed by atoms with Crippen molar-refractivity contribution in [2.24, 2.45) is 5.41 Å². The molecule has 6 heteroatoms. The quantitative estimate of drug-likeness (QED) is 0.191. The lowest BCUT2D eigenvalue weighted by atomic mass is 9.66. The number of aliphatic hydroxyl groups is 1. The standard InChI is InChI=1S/C33H32N2O4/c1-20-7-9-21(10-8-20)30-28(32(38)34-2)26-18-25(29-24(12-16-35-29)31(26)39-30)22-5-3-6-23(17-22)27(37)11-15-33(19-36)13-4-14-33/h3,5-10,12,16-18,35-36H,4,11,13-15,19H2,1-2H3,(H,34,38). The van der Waals surface area contributed by atoms with Gasteiger partial charge in [-0.1, -0.05) is 54.4 Å². The Bertz CT molecular complexity index is 1700. The van der Waals surface area contributed by atoms with E-state index in [0.29, 0.717) is 35.3 Å².